The average Bonchev–Trinajstić information content (AvgIpc) is 3.20. The first-order valence-corrected chi connectivity index (χ1v) is 7.90. The van der Waals surface area contributed by atoms with Crippen LogP contribution in [-0.2, 0) is 0 Å². The first-order valence-electron chi connectivity index (χ1n) is 6.20. The van der Waals surface area contributed by atoms with Crippen molar-refractivity contribution in [1.82, 2.24) is 0 Å². The molecule has 0 aliphatic heterocycles. The number of rotatable bonds is 3. The first kappa shape index (κ1) is 15.7. The Morgan fingerprint density at radius 2 is 1.71 bits per heavy atom. The number of benzene rings is 1. The third kappa shape index (κ3) is 4.65. The lowest BCUT2D eigenvalue weighted by atomic mass is 9.90. The number of carbonyl (C=O) groups is 1. The Balaban J connectivity index is 0.000000194. The lowest BCUT2D eigenvalue weighted by Crippen LogP contribution is -2.26. The fourth-order valence-electron chi connectivity index (χ4n) is 1.61. The molecule has 0 spiro atoms. The van der Waals surface area contributed by atoms with Crippen molar-refractivity contribution < 1.29 is 14.8 Å². The molecule has 2 heterocycles. The summed E-state index contributed by atoms with van der Waals surface area (Å²) in [6.07, 6.45) is 0.852. The molecule has 0 fully saturated rings. The fraction of sp³-hybridized carbons (Fsp3) is 0. The molecule has 106 valence electrons. The van der Waals surface area contributed by atoms with Crippen LogP contribution in [0.1, 0.15) is 9.67 Å². The monoisotopic (exact) mass is 316 g/mol. The van der Waals surface area contributed by atoms with E-state index in [2.05, 4.69) is 0 Å². The van der Waals surface area contributed by atoms with Crippen LogP contribution >= 0.6 is 22.7 Å². The lowest BCUT2D eigenvalue weighted by molar-refractivity contribution is 0.112. The Morgan fingerprint density at radius 3 is 2.19 bits per heavy atom. The topological polar surface area (TPSA) is 57.5 Å². The van der Waals surface area contributed by atoms with Gasteiger partial charge in [-0.25, -0.2) is 0 Å². The molecule has 0 bridgehead atoms. The Kier molecular flexibility index (Phi) is 5.89. The average molecular weight is 316 g/mol. The molecule has 2 aromatic heterocycles. The van der Waals surface area contributed by atoms with E-state index in [1.165, 1.54) is 22.7 Å². The summed E-state index contributed by atoms with van der Waals surface area (Å²) < 4.78 is 0.573. The van der Waals surface area contributed by atoms with Crippen LogP contribution in [0.15, 0.2) is 60.0 Å². The van der Waals surface area contributed by atoms with Crippen LogP contribution in [0.5, 0.6) is 0 Å². The maximum atomic E-state index is 9.88. The maximum absolute atomic E-state index is 9.88. The summed E-state index contributed by atoms with van der Waals surface area (Å²) in [6.45, 7) is 0. The Morgan fingerprint density at radius 1 is 0.952 bits per heavy atom. The second-order valence-electron chi connectivity index (χ2n) is 4.07. The van der Waals surface area contributed by atoms with Crippen molar-refractivity contribution in [2.24, 2.45) is 0 Å². The van der Waals surface area contributed by atoms with E-state index in [0.29, 0.717) is 4.78 Å². The van der Waals surface area contributed by atoms with E-state index in [-0.39, 0.29) is 0 Å². The van der Waals surface area contributed by atoms with Gasteiger partial charge in [-0.2, -0.15) is 0 Å². The number of hydrogen-bond acceptors (Lipinski definition) is 5. The molecule has 3 aromatic rings. The van der Waals surface area contributed by atoms with Crippen LogP contribution in [0, 0.1) is 0 Å². The number of carbonyl (C=O) groups excluding carboxylic acids is 1. The van der Waals surface area contributed by atoms with Gasteiger partial charge in [-0.05, 0) is 23.1 Å². The van der Waals surface area contributed by atoms with Gasteiger partial charge in [0.25, 0.3) is 0 Å². The second kappa shape index (κ2) is 7.90. The predicted octanol–water partition coefficient (Wildman–Crippen LogP) is 2.66. The minimum Gasteiger partial charge on any atom is -0.423 e. The highest BCUT2D eigenvalue weighted by atomic mass is 32.1. The highest BCUT2D eigenvalue weighted by molar-refractivity contribution is 7.24. The molecular weight excluding hydrogens is 303 g/mol. The maximum Gasteiger partial charge on any atom is 0.499 e. The van der Waals surface area contributed by atoms with Gasteiger partial charge in [0.05, 0.1) is 4.88 Å². The van der Waals surface area contributed by atoms with Gasteiger partial charge in [0, 0.05) is 9.65 Å². The van der Waals surface area contributed by atoms with Crippen LogP contribution in [0.25, 0.3) is 10.4 Å². The number of aldehydes is 1. The van der Waals surface area contributed by atoms with Crippen molar-refractivity contribution in [3.63, 3.8) is 0 Å². The van der Waals surface area contributed by atoms with Gasteiger partial charge in [-0.3, -0.25) is 4.79 Å². The minimum absolute atomic E-state index is 0.573. The third-order valence-electron chi connectivity index (χ3n) is 2.60. The zero-order valence-electron chi connectivity index (χ0n) is 11.0. The Hall–Kier alpha value is -1.73. The number of hydrogen-bond donors (Lipinski definition) is 2. The van der Waals surface area contributed by atoms with E-state index in [9.17, 15) is 4.79 Å². The Bertz CT molecular complexity index is 663. The highest BCUT2D eigenvalue weighted by Gasteiger charge is 2.13. The van der Waals surface area contributed by atoms with E-state index in [1.807, 2.05) is 47.8 Å². The first-order chi connectivity index (χ1) is 10.2. The molecule has 0 aliphatic carbocycles. The Labute approximate surface area is 131 Å². The smallest absolute Gasteiger partial charge is 0.423 e. The van der Waals surface area contributed by atoms with Crippen LogP contribution < -0.4 is 4.78 Å². The van der Waals surface area contributed by atoms with Crippen LogP contribution in [-0.4, -0.2) is 23.5 Å². The summed E-state index contributed by atoms with van der Waals surface area (Å²) in [7, 11) is -1.36. The van der Waals surface area contributed by atoms with Crippen molar-refractivity contribution in [3.8, 4) is 10.4 Å². The lowest BCUT2D eigenvalue weighted by Gasteiger charge is -1.95. The van der Waals surface area contributed by atoms with Gasteiger partial charge in [-0.15, -0.1) is 22.7 Å². The molecule has 1 aromatic carbocycles. The van der Waals surface area contributed by atoms with Crippen molar-refractivity contribution in [3.05, 3.63) is 64.9 Å². The molecule has 6 heteroatoms. The van der Waals surface area contributed by atoms with E-state index in [1.54, 1.807) is 12.1 Å². The molecule has 0 amide bonds. The molecule has 21 heavy (non-hydrogen) atoms. The molecule has 2 N–H and O–H groups in total. The van der Waals surface area contributed by atoms with Crippen LogP contribution in [0.3, 0.4) is 0 Å². The zero-order valence-corrected chi connectivity index (χ0v) is 12.7. The molecule has 0 saturated carbocycles. The van der Waals surface area contributed by atoms with E-state index < -0.39 is 7.12 Å². The highest BCUT2D eigenvalue weighted by Crippen LogP contribution is 2.22. The standard InChI is InChI=1S/C10H9BO2S.C5H4OS/c12-11(13)10-7-6-9(14-10)8-4-2-1-3-5-8;6-4-5-2-1-3-7-5/h1-7,12-13H;1-4H. The summed E-state index contributed by atoms with van der Waals surface area (Å²) in [4.78, 5) is 11.7. The van der Waals surface area contributed by atoms with Gasteiger partial charge in [0.1, 0.15) is 0 Å². The van der Waals surface area contributed by atoms with Gasteiger partial charge < -0.3 is 10.0 Å². The second-order valence-corrected chi connectivity index (χ2v) is 6.17. The summed E-state index contributed by atoms with van der Waals surface area (Å²) in [5.41, 5.74) is 1.10. The van der Waals surface area contributed by atoms with Gasteiger partial charge >= 0.3 is 7.12 Å². The van der Waals surface area contributed by atoms with Gasteiger partial charge in [0.2, 0.25) is 0 Å². The SMILES string of the molecule is O=Cc1cccs1.OB(O)c1ccc(-c2ccccc2)s1. The molecule has 0 saturated heterocycles. The fourth-order valence-corrected chi connectivity index (χ4v) is 3.02. The van der Waals surface area contributed by atoms with Crippen molar-refractivity contribution in [2.75, 3.05) is 0 Å². The summed E-state index contributed by atoms with van der Waals surface area (Å²) >= 11 is 2.85. The number of thiophene rings is 2. The third-order valence-corrected chi connectivity index (χ3v) is 4.57. The van der Waals surface area contributed by atoms with Crippen molar-refractivity contribution in [2.45, 2.75) is 0 Å². The zero-order chi connectivity index (χ0) is 15.1. The molecule has 0 radical (unpaired) electrons. The van der Waals surface area contributed by atoms with Crippen LogP contribution in [0.2, 0.25) is 0 Å². The van der Waals surface area contributed by atoms with Crippen molar-refractivity contribution in [1.29, 1.82) is 0 Å². The largest absolute Gasteiger partial charge is 0.499 e. The van der Waals surface area contributed by atoms with Crippen LogP contribution in [0.4, 0.5) is 0 Å². The molecular formula is C15H13BO3S2. The molecule has 0 aliphatic rings. The quantitative estimate of drug-likeness (QED) is 0.577. The molecule has 0 unspecified atom stereocenters. The summed E-state index contributed by atoms with van der Waals surface area (Å²) in [5, 5.41) is 19.8. The van der Waals surface area contributed by atoms with E-state index in [4.69, 9.17) is 10.0 Å². The minimum atomic E-state index is -1.36. The summed E-state index contributed by atoms with van der Waals surface area (Å²) in [5.74, 6) is 0. The molecule has 3 nitrogen and oxygen atoms in total. The van der Waals surface area contributed by atoms with E-state index in [0.717, 1.165) is 21.6 Å². The normalized spacial score (nSPS) is 9.62. The predicted molar refractivity (Wildman–Crippen MR) is 89.3 cm³/mol. The summed E-state index contributed by atoms with van der Waals surface area (Å²) in [6, 6.07) is 17.2. The molecule has 3 rings (SSSR count). The molecule has 0 atom stereocenters. The van der Waals surface area contributed by atoms with Crippen molar-refractivity contribution >= 4 is 40.9 Å². The van der Waals surface area contributed by atoms with E-state index >= 15 is 0 Å². The van der Waals surface area contributed by atoms with Gasteiger partial charge in [0.15, 0.2) is 6.29 Å². The van der Waals surface area contributed by atoms with Gasteiger partial charge in [-0.1, -0.05) is 42.5 Å².